The first-order valence-electron chi connectivity index (χ1n) is 7.10. The van der Waals surface area contributed by atoms with Gasteiger partial charge in [0.25, 0.3) is 0 Å². The number of benzene rings is 1. The first-order valence-corrected chi connectivity index (χ1v) is 9.03. The van der Waals surface area contributed by atoms with Crippen LogP contribution in [-0.2, 0) is 0 Å². The lowest BCUT2D eigenvalue weighted by Gasteiger charge is -2.22. The van der Waals surface area contributed by atoms with Gasteiger partial charge in [-0.15, -0.1) is 11.3 Å². The molecule has 2 aromatic rings. The van der Waals surface area contributed by atoms with Gasteiger partial charge in [0.1, 0.15) is 0 Å². The van der Waals surface area contributed by atoms with Crippen molar-refractivity contribution in [3.8, 4) is 0 Å². The van der Waals surface area contributed by atoms with Gasteiger partial charge in [0.2, 0.25) is 0 Å². The fourth-order valence-corrected chi connectivity index (χ4v) is 5.09. The lowest BCUT2D eigenvalue weighted by atomic mass is 10.0. The van der Waals surface area contributed by atoms with E-state index in [9.17, 15) is 5.11 Å². The second-order valence-electron chi connectivity index (χ2n) is 5.30. The molecule has 1 atom stereocenters. The zero-order valence-corrected chi connectivity index (χ0v) is 12.7. The van der Waals surface area contributed by atoms with Crippen LogP contribution in [0.1, 0.15) is 43.8 Å². The Morgan fingerprint density at radius 1 is 1.21 bits per heavy atom. The summed E-state index contributed by atoms with van der Waals surface area (Å²) in [5.74, 6) is 0.835. The number of aliphatic hydroxyl groups excluding tert-OH is 1. The molecule has 0 amide bonds. The molecular weight excluding hydrogens is 272 g/mol. The van der Waals surface area contributed by atoms with Crippen LogP contribution in [0.5, 0.6) is 0 Å². The van der Waals surface area contributed by atoms with E-state index in [-0.39, 0.29) is 6.10 Å². The number of rotatable bonds is 4. The predicted octanol–water partition coefficient (Wildman–Crippen LogP) is 5.00. The molecule has 19 heavy (non-hydrogen) atoms. The topological polar surface area (TPSA) is 20.2 Å². The molecule has 0 aliphatic heterocycles. The van der Waals surface area contributed by atoms with E-state index < -0.39 is 0 Å². The number of hydrogen-bond acceptors (Lipinski definition) is 3. The molecule has 1 fully saturated rings. The summed E-state index contributed by atoms with van der Waals surface area (Å²) in [6.07, 6.45) is 6.48. The Morgan fingerprint density at radius 3 is 2.89 bits per heavy atom. The molecule has 0 saturated heterocycles. The largest absolute Gasteiger partial charge is 0.387 e. The zero-order chi connectivity index (χ0) is 13.1. The van der Waals surface area contributed by atoms with Crippen LogP contribution in [0.3, 0.4) is 0 Å². The highest BCUT2D eigenvalue weighted by atomic mass is 32.2. The second kappa shape index (κ2) is 6.29. The minimum atomic E-state index is -0.325. The molecule has 1 nitrogen and oxygen atoms in total. The molecule has 0 radical (unpaired) electrons. The van der Waals surface area contributed by atoms with E-state index in [1.54, 1.807) is 11.3 Å². The average Bonchev–Trinajstić information content (AvgIpc) is 2.94. The third-order valence-electron chi connectivity index (χ3n) is 3.91. The van der Waals surface area contributed by atoms with Crippen molar-refractivity contribution in [2.24, 2.45) is 0 Å². The molecule has 3 rings (SSSR count). The SMILES string of the molecule is OC(CSC1CCCCC1)c1cccc2ccsc12. The zero-order valence-electron chi connectivity index (χ0n) is 11.0. The molecule has 1 heterocycles. The van der Waals surface area contributed by atoms with E-state index in [0.717, 1.165) is 16.6 Å². The standard InChI is InChI=1S/C16H20OS2/c17-15(11-19-13-6-2-1-3-7-13)14-8-4-5-12-9-10-18-16(12)14/h4-5,8-10,13,15,17H,1-3,6-7,11H2. The Hall–Kier alpha value is -0.510. The third-order valence-corrected chi connectivity index (χ3v) is 6.34. The van der Waals surface area contributed by atoms with Gasteiger partial charge < -0.3 is 5.11 Å². The summed E-state index contributed by atoms with van der Waals surface area (Å²) in [6.45, 7) is 0. The molecule has 3 heteroatoms. The van der Waals surface area contributed by atoms with Crippen LogP contribution in [-0.4, -0.2) is 16.1 Å². The molecule has 1 aromatic heterocycles. The first-order chi connectivity index (χ1) is 9.34. The highest BCUT2D eigenvalue weighted by molar-refractivity contribution is 7.99. The maximum Gasteiger partial charge on any atom is 0.0894 e. The van der Waals surface area contributed by atoms with Gasteiger partial charge in [-0.05, 0) is 35.2 Å². The minimum Gasteiger partial charge on any atom is -0.387 e. The fourth-order valence-electron chi connectivity index (χ4n) is 2.83. The normalized spacial score (nSPS) is 18.8. The van der Waals surface area contributed by atoms with E-state index in [2.05, 4.69) is 29.6 Å². The third kappa shape index (κ3) is 3.15. The van der Waals surface area contributed by atoms with Crippen LogP contribution in [0.4, 0.5) is 0 Å². The summed E-state index contributed by atoms with van der Waals surface area (Å²) >= 11 is 3.70. The van der Waals surface area contributed by atoms with Crippen molar-refractivity contribution in [3.63, 3.8) is 0 Å². The molecule has 0 bridgehead atoms. The van der Waals surface area contributed by atoms with Gasteiger partial charge in [-0.3, -0.25) is 0 Å². The molecule has 102 valence electrons. The van der Waals surface area contributed by atoms with Gasteiger partial charge in [-0.2, -0.15) is 11.8 Å². The summed E-state index contributed by atoms with van der Waals surface area (Å²) in [6, 6.07) is 8.38. The van der Waals surface area contributed by atoms with Crippen LogP contribution < -0.4 is 0 Å². The lowest BCUT2D eigenvalue weighted by molar-refractivity contribution is 0.205. The van der Waals surface area contributed by atoms with E-state index >= 15 is 0 Å². The highest BCUT2D eigenvalue weighted by Crippen LogP contribution is 2.34. The molecule has 1 N–H and O–H groups in total. The molecule has 1 aliphatic carbocycles. The van der Waals surface area contributed by atoms with Crippen LogP contribution in [0, 0.1) is 0 Å². The maximum absolute atomic E-state index is 10.5. The molecule has 1 aromatic carbocycles. The van der Waals surface area contributed by atoms with Crippen LogP contribution >= 0.6 is 23.1 Å². The van der Waals surface area contributed by atoms with Crippen molar-refractivity contribution in [2.45, 2.75) is 43.5 Å². The Balaban J connectivity index is 1.66. The Labute approximate surface area is 123 Å². The molecule has 1 aliphatic rings. The minimum absolute atomic E-state index is 0.325. The van der Waals surface area contributed by atoms with Crippen LogP contribution in [0.25, 0.3) is 10.1 Å². The van der Waals surface area contributed by atoms with Gasteiger partial charge in [0.05, 0.1) is 6.10 Å². The number of thiophene rings is 1. The Morgan fingerprint density at radius 2 is 2.05 bits per heavy atom. The first kappa shape index (κ1) is 13.5. The van der Waals surface area contributed by atoms with Gasteiger partial charge in [-0.25, -0.2) is 0 Å². The Bertz CT molecular complexity index is 528. The summed E-state index contributed by atoms with van der Waals surface area (Å²) in [4.78, 5) is 0. The van der Waals surface area contributed by atoms with Crippen molar-refractivity contribution < 1.29 is 5.11 Å². The number of thioether (sulfide) groups is 1. The smallest absolute Gasteiger partial charge is 0.0894 e. The van der Waals surface area contributed by atoms with Crippen molar-refractivity contribution in [3.05, 3.63) is 35.2 Å². The van der Waals surface area contributed by atoms with Crippen molar-refractivity contribution in [2.75, 3.05) is 5.75 Å². The van der Waals surface area contributed by atoms with E-state index in [1.807, 2.05) is 11.8 Å². The molecule has 0 spiro atoms. The van der Waals surface area contributed by atoms with E-state index in [1.165, 1.54) is 42.2 Å². The van der Waals surface area contributed by atoms with E-state index in [4.69, 9.17) is 0 Å². The van der Waals surface area contributed by atoms with Crippen molar-refractivity contribution in [1.29, 1.82) is 0 Å². The van der Waals surface area contributed by atoms with Crippen LogP contribution in [0.15, 0.2) is 29.6 Å². The van der Waals surface area contributed by atoms with Gasteiger partial charge >= 0.3 is 0 Å². The molecule has 1 saturated carbocycles. The van der Waals surface area contributed by atoms with Crippen molar-refractivity contribution >= 4 is 33.2 Å². The number of aliphatic hydroxyl groups is 1. The second-order valence-corrected chi connectivity index (χ2v) is 7.54. The van der Waals surface area contributed by atoms with Crippen LogP contribution in [0.2, 0.25) is 0 Å². The summed E-state index contributed by atoms with van der Waals surface area (Å²) in [7, 11) is 0. The van der Waals surface area contributed by atoms with Gasteiger partial charge in [0.15, 0.2) is 0 Å². The molecule has 1 unspecified atom stereocenters. The number of fused-ring (bicyclic) bond motifs is 1. The monoisotopic (exact) mass is 292 g/mol. The number of hydrogen-bond donors (Lipinski definition) is 1. The Kier molecular flexibility index (Phi) is 4.46. The summed E-state index contributed by atoms with van der Waals surface area (Å²) in [5, 5.41) is 14.6. The van der Waals surface area contributed by atoms with Crippen molar-refractivity contribution in [1.82, 2.24) is 0 Å². The summed E-state index contributed by atoms with van der Waals surface area (Å²) < 4.78 is 1.25. The van der Waals surface area contributed by atoms with E-state index in [0.29, 0.717) is 0 Å². The van der Waals surface area contributed by atoms with Gasteiger partial charge in [-0.1, -0.05) is 37.5 Å². The highest BCUT2D eigenvalue weighted by Gasteiger charge is 2.17. The maximum atomic E-state index is 10.5. The summed E-state index contributed by atoms with van der Waals surface area (Å²) in [5.41, 5.74) is 1.11. The average molecular weight is 292 g/mol. The fraction of sp³-hybridized carbons (Fsp3) is 0.500. The molecular formula is C16H20OS2. The quantitative estimate of drug-likeness (QED) is 0.855. The van der Waals surface area contributed by atoms with Gasteiger partial charge in [0, 0.05) is 15.7 Å². The lowest BCUT2D eigenvalue weighted by Crippen LogP contribution is -2.11. The predicted molar refractivity (Wildman–Crippen MR) is 86.1 cm³/mol.